The van der Waals surface area contributed by atoms with Crippen molar-refractivity contribution in [3.05, 3.63) is 145 Å². The normalized spacial score (nSPS) is 11.8. The third kappa shape index (κ3) is 4.10. The van der Waals surface area contributed by atoms with E-state index in [4.69, 9.17) is 13.3 Å². The van der Waals surface area contributed by atoms with Gasteiger partial charge in [0.2, 0.25) is 0 Å². The largest absolute Gasteiger partial charge is 0.464 e. The van der Waals surface area contributed by atoms with Gasteiger partial charge in [-0.2, -0.15) is 0 Å². The third-order valence-electron chi connectivity index (χ3n) is 8.99. The molecule has 0 aliphatic rings. The molecular formula is C42H24O3S2. The zero-order chi connectivity index (χ0) is 30.9. The minimum Gasteiger partial charge on any atom is -0.464 e. The summed E-state index contributed by atoms with van der Waals surface area (Å²) in [4.78, 5) is 2.42. The highest BCUT2D eigenvalue weighted by Gasteiger charge is 2.29. The molecule has 0 aliphatic carbocycles. The molecule has 5 aromatic carbocycles. The Hall–Kier alpha value is -5.62. The fourth-order valence-electron chi connectivity index (χ4n) is 6.97. The minimum absolute atomic E-state index is 0.789. The second kappa shape index (κ2) is 10.5. The number of hydrogen-bond acceptors (Lipinski definition) is 5. The molecule has 0 saturated heterocycles. The second-order valence-corrected chi connectivity index (χ2v) is 13.6. The van der Waals surface area contributed by atoms with Crippen LogP contribution in [0.3, 0.4) is 0 Å². The molecule has 3 nitrogen and oxygen atoms in total. The van der Waals surface area contributed by atoms with Gasteiger partial charge in [-0.3, -0.25) is 0 Å². The van der Waals surface area contributed by atoms with Gasteiger partial charge in [0.1, 0.15) is 22.7 Å². The summed E-state index contributed by atoms with van der Waals surface area (Å²) < 4.78 is 20.5. The van der Waals surface area contributed by atoms with Gasteiger partial charge in [-0.15, -0.1) is 22.7 Å². The zero-order valence-electron chi connectivity index (χ0n) is 24.9. The number of benzene rings is 5. The van der Waals surface area contributed by atoms with Crippen molar-refractivity contribution in [2.24, 2.45) is 0 Å². The third-order valence-corrected chi connectivity index (χ3v) is 11.2. The van der Waals surface area contributed by atoms with E-state index in [0.29, 0.717) is 0 Å². The molecule has 0 unspecified atom stereocenters. The molecule has 10 rings (SSSR count). The molecule has 0 atom stereocenters. The molecule has 5 heteroatoms. The van der Waals surface area contributed by atoms with Gasteiger partial charge in [-0.05, 0) is 69.7 Å². The number of para-hydroxylation sites is 2. The van der Waals surface area contributed by atoms with Crippen LogP contribution in [0.25, 0.3) is 97.5 Å². The van der Waals surface area contributed by atoms with E-state index in [2.05, 4.69) is 102 Å². The summed E-state index contributed by atoms with van der Waals surface area (Å²) in [5, 5.41) is 7.79. The van der Waals surface area contributed by atoms with Crippen molar-refractivity contribution >= 4 is 65.5 Å². The number of rotatable bonds is 5. The first-order chi connectivity index (χ1) is 23.3. The Morgan fingerprint density at radius 3 is 2.15 bits per heavy atom. The van der Waals surface area contributed by atoms with E-state index in [1.54, 1.807) is 17.6 Å². The van der Waals surface area contributed by atoms with Gasteiger partial charge in [0.15, 0.2) is 0 Å². The summed E-state index contributed by atoms with van der Waals surface area (Å²) in [5.74, 6) is 1.59. The lowest BCUT2D eigenvalue weighted by Crippen LogP contribution is -1.92. The Morgan fingerprint density at radius 1 is 0.511 bits per heavy atom. The van der Waals surface area contributed by atoms with Gasteiger partial charge in [0.05, 0.1) is 17.4 Å². The minimum atomic E-state index is 0.789. The monoisotopic (exact) mass is 640 g/mol. The van der Waals surface area contributed by atoms with Gasteiger partial charge in [0, 0.05) is 48.0 Å². The first-order valence-corrected chi connectivity index (χ1v) is 17.2. The fraction of sp³-hybridized carbons (Fsp3) is 0. The molecule has 0 radical (unpaired) electrons. The van der Waals surface area contributed by atoms with Crippen LogP contribution in [0, 0.1) is 0 Å². The standard InChI is InChI=1S/C42H24O3S2/c1-3-13-27-25(10-1)12-7-15-28(27)30-23-37-41(40(38(30)34-18-8-20-43-34)35-22-26-11-2-5-16-32(26)45-35)39(42(47-37)36-19-9-21-46-36)31-24-44-33-17-6-4-14-29(31)33/h1-24H. The average molecular weight is 641 g/mol. The molecule has 0 bridgehead atoms. The van der Waals surface area contributed by atoms with E-state index < -0.39 is 0 Å². The van der Waals surface area contributed by atoms with Crippen LogP contribution in [0.5, 0.6) is 0 Å². The molecule has 5 aromatic heterocycles. The van der Waals surface area contributed by atoms with Crippen molar-refractivity contribution in [3.8, 4) is 54.7 Å². The van der Waals surface area contributed by atoms with Crippen LogP contribution >= 0.6 is 22.7 Å². The molecular weight excluding hydrogens is 617 g/mol. The van der Waals surface area contributed by atoms with Crippen LogP contribution in [0.1, 0.15) is 0 Å². The van der Waals surface area contributed by atoms with Crippen LogP contribution in [-0.2, 0) is 0 Å². The molecule has 47 heavy (non-hydrogen) atoms. The Bertz CT molecular complexity index is 2700. The van der Waals surface area contributed by atoms with Crippen LogP contribution in [0.15, 0.2) is 159 Å². The van der Waals surface area contributed by atoms with E-state index >= 15 is 0 Å². The lowest BCUT2D eigenvalue weighted by Gasteiger charge is -2.17. The van der Waals surface area contributed by atoms with Crippen LogP contribution < -0.4 is 0 Å². The molecule has 0 aliphatic heterocycles. The van der Waals surface area contributed by atoms with E-state index in [-0.39, 0.29) is 0 Å². The highest BCUT2D eigenvalue weighted by atomic mass is 32.1. The van der Waals surface area contributed by atoms with Gasteiger partial charge < -0.3 is 13.3 Å². The average Bonchev–Trinajstić information content (AvgIpc) is 3.96. The van der Waals surface area contributed by atoms with Gasteiger partial charge >= 0.3 is 0 Å². The van der Waals surface area contributed by atoms with Gasteiger partial charge in [-0.1, -0.05) is 84.9 Å². The molecule has 0 spiro atoms. The Morgan fingerprint density at radius 2 is 1.32 bits per heavy atom. The zero-order valence-corrected chi connectivity index (χ0v) is 26.5. The van der Waals surface area contributed by atoms with Crippen LogP contribution in [-0.4, -0.2) is 0 Å². The smallest absolute Gasteiger partial charge is 0.136 e. The highest BCUT2D eigenvalue weighted by molar-refractivity contribution is 7.26. The first-order valence-electron chi connectivity index (χ1n) is 15.5. The van der Waals surface area contributed by atoms with Crippen molar-refractivity contribution in [2.45, 2.75) is 0 Å². The Kier molecular flexibility index (Phi) is 5.92. The molecule has 222 valence electrons. The number of fused-ring (bicyclic) bond motifs is 4. The van der Waals surface area contributed by atoms with E-state index in [0.717, 1.165) is 72.2 Å². The van der Waals surface area contributed by atoms with Crippen molar-refractivity contribution in [2.75, 3.05) is 0 Å². The summed E-state index contributed by atoms with van der Waals surface area (Å²) in [6.07, 6.45) is 3.67. The van der Waals surface area contributed by atoms with Crippen molar-refractivity contribution < 1.29 is 13.3 Å². The van der Waals surface area contributed by atoms with Crippen LogP contribution in [0.2, 0.25) is 0 Å². The second-order valence-electron chi connectivity index (χ2n) is 11.6. The topological polar surface area (TPSA) is 39.4 Å². The van der Waals surface area contributed by atoms with Crippen molar-refractivity contribution in [1.82, 2.24) is 0 Å². The van der Waals surface area contributed by atoms with E-state index in [1.807, 2.05) is 47.9 Å². The van der Waals surface area contributed by atoms with E-state index in [1.165, 1.54) is 25.2 Å². The van der Waals surface area contributed by atoms with Crippen molar-refractivity contribution in [1.29, 1.82) is 0 Å². The Labute approximate surface area is 277 Å². The highest BCUT2D eigenvalue weighted by Crippen LogP contribution is 2.56. The SMILES string of the molecule is c1coc(-c2c(-c3cccc4ccccc34)cc3sc(-c4cccs4)c(-c4coc5ccccc45)c3c2-c2cc3ccccc3o2)c1. The summed E-state index contributed by atoms with van der Waals surface area (Å²) >= 11 is 3.58. The maximum Gasteiger partial charge on any atom is 0.136 e. The number of hydrogen-bond donors (Lipinski definition) is 0. The summed E-state index contributed by atoms with van der Waals surface area (Å²) in [5.41, 5.74) is 8.18. The summed E-state index contributed by atoms with van der Waals surface area (Å²) in [7, 11) is 0. The fourth-order valence-corrected chi connectivity index (χ4v) is 9.10. The maximum atomic E-state index is 6.78. The van der Waals surface area contributed by atoms with Crippen molar-refractivity contribution in [3.63, 3.8) is 0 Å². The summed E-state index contributed by atoms with van der Waals surface area (Å²) in [6, 6.07) is 44.5. The number of thiophene rings is 2. The van der Waals surface area contributed by atoms with Gasteiger partial charge in [-0.25, -0.2) is 0 Å². The molecule has 0 amide bonds. The predicted molar refractivity (Wildman–Crippen MR) is 196 cm³/mol. The lowest BCUT2D eigenvalue weighted by atomic mass is 9.86. The Balaban J connectivity index is 1.44. The van der Waals surface area contributed by atoms with E-state index in [9.17, 15) is 0 Å². The number of furan rings is 3. The summed E-state index contributed by atoms with van der Waals surface area (Å²) in [6.45, 7) is 0. The molecule has 5 heterocycles. The first kappa shape index (κ1) is 26.6. The predicted octanol–water partition coefficient (Wildman–Crippen LogP) is 13.5. The lowest BCUT2D eigenvalue weighted by molar-refractivity contribution is 0.582. The molecule has 10 aromatic rings. The molecule has 0 saturated carbocycles. The maximum absolute atomic E-state index is 6.78. The molecule has 0 fully saturated rings. The molecule has 0 N–H and O–H groups in total. The quantitative estimate of drug-likeness (QED) is 0.188. The van der Waals surface area contributed by atoms with Crippen LogP contribution in [0.4, 0.5) is 0 Å². The van der Waals surface area contributed by atoms with Gasteiger partial charge in [0.25, 0.3) is 0 Å².